The van der Waals surface area contributed by atoms with Crippen LogP contribution in [0.25, 0.3) is 33.8 Å². The highest BCUT2D eigenvalue weighted by molar-refractivity contribution is 5.82. The maximum atomic E-state index is 4.43. The standard InChI is InChI=1S/C34H30N10/c1-41-29(23-43-19-5-3-7-32(41)43)27-13-9-25(10-14-27)21-36-39-31-17-18-35-34(38-31)40-37-22-26-11-15-28(16-12-26)30-24-44-20-6-4-8-33(44)42(30)2/h3-24H,1-2H3,(H2,35,38,39,40)/q+2/b36-21-,37-22-. The van der Waals surface area contributed by atoms with Gasteiger partial charge in [0.1, 0.15) is 12.4 Å². The molecule has 0 bridgehead atoms. The largest absolute Gasteiger partial charge is 0.286 e. The van der Waals surface area contributed by atoms with E-state index in [1.54, 1.807) is 24.7 Å². The predicted molar refractivity (Wildman–Crippen MR) is 172 cm³/mol. The Hall–Kier alpha value is -6.16. The van der Waals surface area contributed by atoms with E-state index >= 15 is 0 Å². The molecule has 2 aromatic carbocycles. The quantitative estimate of drug-likeness (QED) is 0.153. The highest BCUT2D eigenvalue weighted by Gasteiger charge is 2.16. The number of nitrogens with zero attached hydrogens (tertiary/aromatic N) is 8. The molecule has 7 rings (SSSR count). The number of imidazole rings is 2. The molecule has 5 heterocycles. The number of fused-ring (bicyclic) bond motifs is 2. The Morgan fingerprint density at radius 2 is 1.16 bits per heavy atom. The summed E-state index contributed by atoms with van der Waals surface area (Å²) in [6, 6.07) is 30.6. The highest BCUT2D eigenvalue weighted by atomic mass is 15.4. The molecule has 0 aliphatic heterocycles. The summed E-state index contributed by atoms with van der Waals surface area (Å²) in [7, 11) is 4.15. The molecule has 0 saturated carbocycles. The molecular formula is C34H30N10+2. The summed E-state index contributed by atoms with van der Waals surface area (Å²) >= 11 is 0. The second kappa shape index (κ2) is 11.6. The fourth-order valence-electron chi connectivity index (χ4n) is 5.19. The summed E-state index contributed by atoms with van der Waals surface area (Å²) in [6.07, 6.45) is 13.5. The lowest BCUT2D eigenvalue weighted by molar-refractivity contribution is -0.633. The number of hydrogen-bond acceptors (Lipinski definition) is 6. The van der Waals surface area contributed by atoms with Gasteiger partial charge in [-0.15, -0.1) is 0 Å². The Morgan fingerprint density at radius 3 is 1.68 bits per heavy atom. The van der Waals surface area contributed by atoms with E-state index in [0.29, 0.717) is 11.8 Å². The molecule has 214 valence electrons. The Balaban J connectivity index is 0.958. The average molecular weight is 579 g/mol. The maximum absolute atomic E-state index is 4.43. The third-order valence-electron chi connectivity index (χ3n) is 7.51. The zero-order valence-electron chi connectivity index (χ0n) is 24.3. The fraction of sp³-hybridized carbons (Fsp3) is 0.0588. The van der Waals surface area contributed by atoms with Gasteiger partial charge in [0.25, 0.3) is 11.3 Å². The van der Waals surface area contributed by atoms with Gasteiger partial charge in [-0.3, -0.25) is 5.43 Å². The summed E-state index contributed by atoms with van der Waals surface area (Å²) in [5.74, 6) is 0.915. The van der Waals surface area contributed by atoms with E-state index in [-0.39, 0.29) is 0 Å². The first-order chi connectivity index (χ1) is 21.6. The molecule has 10 heteroatoms. The molecule has 0 atom stereocenters. The van der Waals surface area contributed by atoms with Crippen molar-refractivity contribution in [1.29, 1.82) is 0 Å². The Bertz CT molecular complexity index is 1990. The highest BCUT2D eigenvalue weighted by Crippen LogP contribution is 2.19. The van der Waals surface area contributed by atoms with Gasteiger partial charge in [0.15, 0.2) is 17.2 Å². The number of rotatable bonds is 8. The van der Waals surface area contributed by atoms with Gasteiger partial charge in [-0.2, -0.15) is 15.2 Å². The van der Waals surface area contributed by atoms with Gasteiger partial charge in [-0.25, -0.2) is 28.3 Å². The minimum absolute atomic E-state index is 0.364. The number of hydrogen-bond donors (Lipinski definition) is 2. The first-order valence-corrected chi connectivity index (χ1v) is 14.2. The van der Waals surface area contributed by atoms with Crippen molar-refractivity contribution in [3.05, 3.63) is 133 Å². The lowest BCUT2D eigenvalue weighted by atomic mass is 10.1. The first kappa shape index (κ1) is 26.7. The van der Waals surface area contributed by atoms with E-state index in [0.717, 1.165) is 44.9 Å². The topological polar surface area (TPSA) is 91.1 Å². The molecule has 44 heavy (non-hydrogen) atoms. The second-order valence-electron chi connectivity index (χ2n) is 10.3. The van der Waals surface area contributed by atoms with Crippen LogP contribution in [-0.2, 0) is 14.1 Å². The van der Waals surface area contributed by atoms with Gasteiger partial charge >= 0.3 is 0 Å². The smallest absolute Gasteiger partial charge is 0.261 e. The second-order valence-corrected chi connectivity index (χ2v) is 10.3. The van der Waals surface area contributed by atoms with Crippen molar-refractivity contribution in [2.75, 3.05) is 10.9 Å². The van der Waals surface area contributed by atoms with E-state index < -0.39 is 0 Å². The van der Waals surface area contributed by atoms with Crippen LogP contribution in [0.5, 0.6) is 0 Å². The van der Waals surface area contributed by atoms with Gasteiger partial charge in [0, 0.05) is 35.5 Å². The van der Waals surface area contributed by atoms with E-state index in [2.05, 4.69) is 124 Å². The van der Waals surface area contributed by atoms with Gasteiger partial charge in [-0.1, -0.05) is 36.4 Å². The van der Waals surface area contributed by atoms with Crippen LogP contribution in [0.4, 0.5) is 11.8 Å². The summed E-state index contributed by atoms with van der Waals surface area (Å²) in [5, 5.41) is 8.65. The molecule has 0 spiro atoms. The molecule has 0 amide bonds. The number of pyridine rings is 2. The van der Waals surface area contributed by atoms with Crippen molar-refractivity contribution in [2.24, 2.45) is 24.3 Å². The summed E-state index contributed by atoms with van der Waals surface area (Å²) in [6.45, 7) is 0. The normalized spacial score (nSPS) is 11.7. The van der Waals surface area contributed by atoms with Gasteiger partial charge in [-0.05, 0) is 47.5 Å². The van der Waals surface area contributed by atoms with Crippen LogP contribution in [0, 0.1) is 0 Å². The van der Waals surface area contributed by atoms with Crippen LogP contribution in [-0.4, -0.2) is 31.2 Å². The molecule has 0 fully saturated rings. The van der Waals surface area contributed by atoms with E-state index in [9.17, 15) is 0 Å². The number of aryl methyl sites for hydroxylation is 2. The summed E-state index contributed by atoms with van der Waals surface area (Å²) in [5.41, 5.74) is 14.6. The minimum atomic E-state index is 0.364. The molecule has 0 saturated heterocycles. The van der Waals surface area contributed by atoms with Crippen LogP contribution >= 0.6 is 0 Å². The Morgan fingerprint density at radius 1 is 0.636 bits per heavy atom. The molecule has 2 N–H and O–H groups in total. The van der Waals surface area contributed by atoms with E-state index in [1.165, 1.54) is 0 Å². The van der Waals surface area contributed by atoms with Crippen LogP contribution in [0.15, 0.2) is 132 Å². The molecule has 7 aromatic rings. The van der Waals surface area contributed by atoms with Crippen molar-refractivity contribution in [2.45, 2.75) is 0 Å². The number of hydrazone groups is 2. The van der Waals surface area contributed by atoms with Crippen molar-refractivity contribution in [3.8, 4) is 22.5 Å². The molecule has 5 aromatic heterocycles. The summed E-state index contributed by atoms with van der Waals surface area (Å²) in [4.78, 5) is 8.68. The third-order valence-corrected chi connectivity index (χ3v) is 7.51. The minimum Gasteiger partial charge on any atom is -0.261 e. The Labute approximate surface area is 253 Å². The lowest BCUT2D eigenvalue weighted by Crippen LogP contribution is -2.29. The lowest BCUT2D eigenvalue weighted by Gasteiger charge is -2.03. The maximum Gasteiger partial charge on any atom is 0.286 e. The molecule has 0 radical (unpaired) electrons. The Kier molecular flexibility index (Phi) is 7.05. The first-order valence-electron chi connectivity index (χ1n) is 14.2. The zero-order chi connectivity index (χ0) is 29.9. The van der Waals surface area contributed by atoms with Crippen LogP contribution in [0.2, 0.25) is 0 Å². The van der Waals surface area contributed by atoms with Crippen LogP contribution in [0.3, 0.4) is 0 Å². The van der Waals surface area contributed by atoms with Crippen molar-refractivity contribution in [1.82, 2.24) is 18.8 Å². The van der Waals surface area contributed by atoms with Gasteiger partial charge in [0.05, 0.1) is 38.9 Å². The van der Waals surface area contributed by atoms with Crippen molar-refractivity contribution in [3.63, 3.8) is 0 Å². The summed E-state index contributed by atoms with van der Waals surface area (Å²) < 4.78 is 8.59. The van der Waals surface area contributed by atoms with E-state index in [4.69, 9.17) is 0 Å². The zero-order valence-corrected chi connectivity index (χ0v) is 24.3. The monoisotopic (exact) mass is 578 g/mol. The van der Waals surface area contributed by atoms with Crippen LogP contribution < -0.4 is 20.0 Å². The third kappa shape index (κ3) is 5.39. The van der Waals surface area contributed by atoms with E-state index in [1.807, 2.05) is 48.5 Å². The molecule has 0 aliphatic carbocycles. The van der Waals surface area contributed by atoms with Crippen molar-refractivity contribution < 1.29 is 9.13 Å². The molecular weight excluding hydrogens is 548 g/mol. The molecule has 10 nitrogen and oxygen atoms in total. The average Bonchev–Trinajstić information content (AvgIpc) is 3.58. The number of anilines is 2. The number of benzene rings is 2. The number of aromatic nitrogens is 6. The number of nitrogens with one attached hydrogen (secondary N) is 2. The fourth-order valence-corrected chi connectivity index (χ4v) is 5.19. The van der Waals surface area contributed by atoms with Crippen molar-refractivity contribution >= 4 is 35.5 Å². The van der Waals surface area contributed by atoms with Crippen LogP contribution in [0.1, 0.15) is 11.1 Å². The molecule has 0 aliphatic rings. The molecule has 0 unspecified atom stereocenters. The van der Waals surface area contributed by atoms with Gasteiger partial charge in [0.2, 0.25) is 5.95 Å². The predicted octanol–water partition coefficient (Wildman–Crippen LogP) is 4.86. The van der Waals surface area contributed by atoms with Gasteiger partial charge < -0.3 is 0 Å². The SMILES string of the molecule is C[n+]1c(-c2ccc(/C=N\Nc3ccnc(N/N=C\c4ccc(-c5cn6ccccc6[n+]5C)cc4)n3)cc2)cn2ccccc21.